The van der Waals surface area contributed by atoms with Crippen molar-refractivity contribution in [2.24, 2.45) is 0 Å². The predicted molar refractivity (Wildman–Crippen MR) is 95.0 cm³/mol. The summed E-state index contributed by atoms with van der Waals surface area (Å²) in [5.74, 6) is 0.410. The Morgan fingerprint density at radius 2 is 1.72 bits per heavy atom. The fourth-order valence-electron chi connectivity index (χ4n) is 2.15. The third-order valence-electron chi connectivity index (χ3n) is 3.39. The van der Waals surface area contributed by atoms with Crippen molar-refractivity contribution >= 4 is 23.6 Å². The van der Waals surface area contributed by atoms with E-state index in [9.17, 15) is 9.59 Å². The van der Waals surface area contributed by atoms with Crippen LogP contribution in [0.4, 0.5) is 5.69 Å². The molecule has 6 nitrogen and oxygen atoms in total. The summed E-state index contributed by atoms with van der Waals surface area (Å²) in [5, 5.41) is 2.69. The zero-order valence-electron chi connectivity index (χ0n) is 14.2. The number of amides is 1. The van der Waals surface area contributed by atoms with Gasteiger partial charge in [0.05, 0.1) is 26.9 Å². The second kappa shape index (κ2) is 8.54. The number of hydrogen-bond donors (Lipinski definition) is 1. The first-order valence-corrected chi connectivity index (χ1v) is 7.47. The highest BCUT2D eigenvalue weighted by Crippen LogP contribution is 2.27. The Balaban J connectivity index is 2.07. The van der Waals surface area contributed by atoms with Gasteiger partial charge in [-0.2, -0.15) is 0 Å². The first-order chi connectivity index (χ1) is 12.1. The average Bonchev–Trinajstić information content (AvgIpc) is 2.65. The number of benzene rings is 2. The molecule has 2 aromatic carbocycles. The van der Waals surface area contributed by atoms with E-state index in [0.29, 0.717) is 22.7 Å². The lowest BCUT2D eigenvalue weighted by molar-refractivity contribution is -0.111. The molecule has 1 amide bonds. The fraction of sp³-hybridized carbons (Fsp3) is 0.158. The van der Waals surface area contributed by atoms with Gasteiger partial charge in [0, 0.05) is 11.8 Å². The maximum Gasteiger partial charge on any atom is 0.337 e. The Morgan fingerprint density at radius 3 is 2.40 bits per heavy atom. The Hall–Kier alpha value is -3.28. The zero-order valence-corrected chi connectivity index (χ0v) is 14.2. The Morgan fingerprint density at radius 1 is 0.960 bits per heavy atom. The summed E-state index contributed by atoms with van der Waals surface area (Å²) < 4.78 is 15.0. The van der Waals surface area contributed by atoms with Crippen molar-refractivity contribution in [2.75, 3.05) is 26.6 Å². The molecule has 6 heteroatoms. The van der Waals surface area contributed by atoms with E-state index in [1.807, 2.05) is 6.07 Å². The van der Waals surface area contributed by atoms with Gasteiger partial charge in [-0.25, -0.2) is 4.79 Å². The summed E-state index contributed by atoms with van der Waals surface area (Å²) in [4.78, 5) is 23.5. The number of anilines is 1. The van der Waals surface area contributed by atoms with Gasteiger partial charge in [-0.3, -0.25) is 4.79 Å². The second-order valence-electron chi connectivity index (χ2n) is 5.01. The van der Waals surface area contributed by atoms with Crippen molar-refractivity contribution in [1.29, 1.82) is 0 Å². The van der Waals surface area contributed by atoms with Gasteiger partial charge in [-0.05, 0) is 42.0 Å². The van der Waals surface area contributed by atoms with Crippen molar-refractivity contribution in [3.8, 4) is 11.5 Å². The minimum Gasteiger partial charge on any atom is -0.493 e. The maximum atomic E-state index is 12.0. The van der Waals surface area contributed by atoms with E-state index in [1.165, 1.54) is 13.2 Å². The van der Waals surface area contributed by atoms with Gasteiger partial charge in [0.25, 0.3) is 0 Å². The van der Waals surface area contributed by atoms with Gasteiger partial charge in [-0.15, -0.1) is 0 Å². The van der Waals surface area contributed by atoms with Crippen LogP contribution in [0.1, 0.15) is 15.9 Å². The molecule has 0 atom stereocenters. The molecule has 0 aliphatic carbocycles. The molecule has 0 radical (unpaired) electrons. The van der Waals surface area contributed by atoms with E-state index in [1.54, 1.807) is 56.7 Å². The van der Waals surface area contributed by atoms with Crippen LogP contribution < -0.4 is 14.8 Å². The van der Waals surface area contributed by atoms with E-state index in [4.69, 9.17) is 9.47 Å². The molecule has 0 aliphatic rings. The normalized spacial score (nSPS) is 10.4. The van der Waals surface area contributed by atoms with Crippen molar-refractivity contribution in [3.05, 3.63) is 59.7 Å². The lowest BCUT2D eigenvalue weighted by Gasteiger charge is -2.07. The molecule has 0 unspecified atom stereocenters. The lowest BCUT2D eigenvalue weighted by Crippen LogP contribution is -2.09. The molecule has 130 valence electrons. The van der Waals surface area contributed by atoms with Crippen molar-refractivity contribution in [3.63, 3.8) is 0 Å². The van der Waals surface area contributed by atoms with E-state index in [2.05, 4.69) is 10.1 Å². The molecule has 0 spiro atoms. The Kier molecular flexibility index (Phi) is 6.17. The number of nitrogens with one attached hydrogen (secondary N) is 1. The van der Waals surface area contributed by atoms with Crippen LogP contribution in [0.2, 0.25) is 0 Å². The molecule has 0 saturated carbocycles. The van der Waals surface area contributed by atoms with Crippen LogP contribution in [-0.4, -0.2) is 33.2 Å². The first kappa shape index (κ1) is 18.1. The standard InChI is InChI=1S/C19H19NO5/c1-23-16-9-7-13(11-17(16)24-2)8-10-18(21)20-15-6-4-5-14(12-15)19(22)25-3/h4-12H,1-3H3,(H,20,21). The summed E-state index contributed by atoms with van der Waals surface area (Å²) in [6.45, 7) is 0. The highest BCUT2D eigenvalue weighted by Gasteiger charge is 2.07. The summed E-state index contributed by atoms with van der Waals surface area (Å²) in [7, 11) is 4.41. The van der Waals surface area contributed by atoms with Crippen LogP contribution in [0.3, 0.4) is 0 Å². The van der Waals surface area contributed by atoms with Gasteiger partial charge in [0.1, 0.15) is 0 Å². The molecular weight excluding hydrogens is 322 g/mol. The molecule has 1 N–H and O–H groups in total. The molecule has 0 saturated heterocycles. The second-order valence-corrected chi connectivity index (χ2v) is 5.01. The number of ether oxygens (including phenoxy) is 3. The molecule has 2 rings (SSSR count). The van der Waals surface area contributed by atoms with Crippen LogP contribution in [0.15, 0.2) is 48.5 Å². The fourth-order valence-corrected chi connectivity index (χ4v) is 2.15. The molecule has 2 aromatic rings. The molecule has 0 aliphatic heterocycles. The molecular formula is C19H19NO5. The van der Waals surface area contributed by atoms with Crippen molar-refractivity contribution in [1.82, 2.24) is 0 Å². The molecule has 0 fully saturated rings. The van der Waals surface area contributed by atoms with Gasteiger partial charge in [0.2, 0.25) is 5.91 Å². The number of hydrogen-bond acceptors (Lipinski definition) is 5. The Labute approximate surface area is 146 Å². The smallest absolute Gasteiger partial charge is 0.337 e. The number of carbonyl (C=O) groups excluding carboxylic acids is 2. The minimum atomic E-state index is -0.461. The summed E-state index contributed by atoms with van der Waals surface area (Å²) in [6, 6.07) is 11.9. The molecule has 0 aromatic heterocycles. The third-order valence-corrected chi connectivity index (χ3v) is 3.39. The SMILES string of the molecule is COC(=O)c1cccc(NC(=O)C=Cc2ccc(OC)c(OC)c2)c1. The van der Waals surface area contributed by atoms with Gasteiger partial charge in [0.15, 0.2) is 11.5 Å². The van der Waals surface area contributed by atoms with Crippen LogP contribution in [0, 0.1) is 0 Å². The minimum absolute atomic E-state index is 0.322. The van der Waals surface area contributed by atoms with Crippen LogP contribution in [0.25, 0.3) is 6.08 Å². The van der Waals surface area contributed by atoms with Crippen molar-refractivity contribution < 1.29 is 23.8 Å². The topological polar surface area (TPSA) is 73.9 Å². The largest absolute Gasteiger partial charge is 0.493 e. The highest BCUT2D eigenvalue weighted by atomic mass is 16.5. The number of carbonyl (C=O) groups is 2. The lowest BCUT2D eigenvalue weighted by atomic mass is 10.2. The molecule has 0 bridgehead atoms. The highest BCUT2D eigenvalue weighted by molar-refractivity contribution is 6.02. The van der Waals surface area contributed by atoms with Crippen LogP contribution >= 0.6 is 0 Å². The maximum absolute atomic E-state index is 12.0. The van der Waals surface area contributed by atoms with E-state index in [0.717, 1.165) is 5.56 Å². The summed E-state index contributed by atoms with van der Waals surface area (Å²) >= 11 is 0. The quantitative estimate of drug-likeness (QED) is 0.645. The van der Waals surface area contributed by atoms with E-state index >= 15 is 0 Å². The zero-order chi connectivity index (χ0) is 18.2. The average molecular weight is 341 g/mol. The van der Waals surface area contributed by atoms with E-state index < -0.39 is 5.97 Å². The summed E-state index contributed by atoms with van der Waals surface area (Å²) in [5.41, 5.74) is 1.66. The number of rotatable bonds is 6. The van der Waals surface area contributed by atoms with Gasteiger partial charge < -0.3 is 19.5 Å². The third kappa shape index (κ3) is 4.84. The van der Waals surface area contributed by atoms with Gasteiger partial charge in [-0.1, -0.05) is 12.1 Å². The number of esters is 1. The van der Waals surface area contributed by atoms with Crippen LogP contribution in [0.5, 0.6) is 11.5 Å². The monoisotopic (exact) mass is 341 g/mol. The summed E-state index contributed by atoms with van der Waals surface area (Å²) in [6.07, 6.45) is 3.05. The number of methoxy groups -OCH3 is 3. The Bertz CT molecular complexity index is 798. The molecule has 25 heavy (non-hydrogen) atoms. The predicted octanol–water partition coefficient (Wildman–Crippen LogP) is 3.14. The molecule has 0 heterocycles. The van der Waals surface area contributed by atoms with E-state index in [-0.39, 0.29) is 5.91 Å². The van der Waals surface area contributed by atoms with Crippen molar-refractivity contribution in [2.45, 2.75) is 0 Å². The van der Waals surface area contributed by atoms with Crippen LogP contribution in [-0.2, 0) is 9.53 Å². The first-order valence-electron chi connectivity index (χ1n) is 7.47. The van der Waals surface area contributed by atoms with Gasteiger partial charge >= 0.3 is 5.97 Å².